The van der Waals surface area contributed by atoms with E-state index in [2.05, 4.69) is 20.2 Å². The summed E-state index contributed by atoms with van der Waals surface area (Å²) in [5, 5.41) is 3.23. The SMILES string of the molecule is COc1nccnc1NC[C@@H]1CN(CC2CCN(CC3CC3)CC2)C(=O)CO1. The summed E-state index contributed by atoms with van der Waals surface area (Å²) in [6.07, 6.45) is 8.37. The molecule has 1 aliphatic carbocycles. The van der Waals surface area contributed by atoms with E-state index in [0.717, 1.165) is 12.5 Å². The van der Waals surface area contributed by atoms with Crippen LogP contribution in [0.25, 0.3) is 0 Å². The molecule has 0 unspecified atom stereocenters. The van der Waals surface area contributed by atoms with Gasteiger partial charge >= 0.3 is 0 Å². The number of nitrogens with one attached hydrogen (secondary N) is 1. The van der Waals surface area contributed by atoms with Crippen molar-refractivity contribution < 1.29 is 14.3 Å². The molecule has 8 heteroatoms. The molecule has 1 atom stereocenters. The van der Waals surface area contributed by atoms with Crippen LogP contribution in [0.15, 0.2) is 12.4 Å². The Morgan fingerprint density at radius 2 is 1.89 bits per heavy atom. The van der Waals surface area contributed by atoms with E-state index in [1.165, 1.54) is 45.3 Å². The second kappa shape index (κ2) is 9.05. The monoisotopic (exact) mass is 389 g/mol. The number of piperidine rings is 1. The van der Waals surface area contributed by atoms with Crippen LogP contribution in [0.4, 0.5) is 5.82 Å². The van der Waals surface area contributed by atoms with Gasteiger partial charge in [-0.25, -0.2) is 9.97 Å². The number of hydrogen-bond donors (Lipinski definition) is 1. The number of methoxy groups -OCH3 is 1. The molecule has 28 heavy (non-hydrogen) atoms. The zero-order valence-electron chi connectivity index (χ0n) is 16.7. The third-order valence-corrected chi connectivity index (χ3v) is 5.97. The molecule has 2 saturated heterocycles. The average molecular weight is 390 g/mol. The number of nitrogens with zero attached hydrogens (tertiary/aromatic N) is 4. The van der Waals surface area contributed by atoms with Crippen molar-refractivity contribution in [1.29, 1.82) is 0 Å². The lowest BCUT2D eigenvalue weighted by Gasteiger charge is -2.38. The Bertz CT molecular complexity index is 661. The van der Waals surface area contributed by atoms with Gasteiger partial charge in [-0.05, 0) is 50.6 Å². The molecule has 4 rings (SSSR count). The average Bonchev–Trinajstić information content (AvgIpc) is 3.54. The molecule has 0 spiro atoms. The molecule has 2 aliphatic heterocycles. The zero-order valence-corrected chi connectivity index (χ0v) is 16.7. The summed E-state index contributed by atoms with van der Waals surface area (Å²) in [6, 6.07) is 0. The van der Waals surface area contributed by atoms with E-state index in [1.54, 1.807) is 19.5 Å². The molecule has 1 aromatic rings. The van der Waals surface area contributed by atoms with Crippen molar-refractivity contribution in [3.8, 4) is 5.88 Å². The van der Waals surface area contributed by atoms with Gasteiger partial charge in [-0.3, -0.25) is 4.79 Å². The number of aromatic nitrogens is 2. The maximum absolute atomic E-state index is 12.3. The maximum Gasteiger partial charge on any atom is 0.257 e. The fourth-order valence-corrected chi connectivity index (χ4v) is 4.12. The Balaban J connectivity index is 1.23. The van der Waals surface area contributed by atoms with Crippen LogP contribution < -0.4 is 10.1 Å². The second-order valence-corrected chi connectivity index (χ2v) is 8.21. The topological polar surface area (TPSA) is 79.8 Å². The maximum atomic E-state index is 12.3. The lowest BCUT2D eigenvalue weighted by molar-refractivity contribution is -0.149. The number of hydrogen-bond acceptors (Lipinski definition) is 7. The first-order valence-corrected chi connectivity index (χ1v) is 10.4. The smallest absolute Gasteiger partial charge is 0.257 e. The summed E-state index contributed by atoms with van der Waals surface area (Å²) in [7, 11) is 1.57. The Labute approximate surface area is 166 Å². The quantitative estimate of drug-likeness (QED) is 0.717. The minimum atomic E-state index is -0.0561. The predicted molar refractivity (Wildman–Crippen MR) is 105 cm³/mol. The first kappa shape index (κ1) is 19.4. The number of likely N-dealkylation sites (tertiary alicyclic amines) is 1. The van der Waals surface area contributed by atoms with Crippen molar-refractivity contribution >= 4 is 11.7 Å². The first-order valence-electron chi connectivity index (χ1n) is 10.4. The van der Waals surface area contributed by atoms with Crippen LogP contribution in [0, 0.1) is 11.8 Å². The summed E-state index contributed by atoms with van der Waals surface area (Å²) in [5.41, 5.74) is 0. The van der Waals surface area contributed by atoms with Crippen molar-refractivity contribution in [2.75, 3.05) is 58.3 Å². The van der Waals surface area contributed by atoms with Gasteiger partial charge < -0.3 is 24.6 Å². The molecule has 1 aromatic heterocycles. The van der Waals surface area contributed by atoms with Gasteiger partial charge in [0.15, 0.2) is 5.82 Å². The van der Waals surface area contributed by atoms with Gasteiger partial charge in [0, 0.05) is 38.6 Å². The highest BCUT2D eigenvalue weighted by molar-refractivity contribution is 5.78. The Kier molecular flexibility index (Phi) is 6.26. The molecule has 0 aromatic carbocycles. The largest absolute Gasteiger partial charge is 0.478 e. The minimum Gasteiger partial charge on any atom is -0.478 e. The fraction of sp³-hybridized carbons (Fsp3) is 0.750. The van der Waals surface area contributed by atoms with Crippen molar-refractivity contribution in [1.82, 2.24) is 19.8 Å². The summed E-state index contributed by atoms with van der Waals surface area (Å²) >= 11 is 0. The molecular formula is C20H31N5O3. The van der Waals surface area contributed by atoms with Gasteiger partial charge in [0.05, 0.1) is 13.2 Å². The van der Waals surface area contributed by atoms with E-state index in [-0.39, 0.29) is 18.6 Å². The molecule has 3 fully saturated rings. The van der Waals surface area contributed by atoms with Crippen molar-refractivity contribution in [2.24, 2.45) is 11.8 Å². The van der Waals surface area contributed by atoms with Gasteiger partial charge in [-0.15, -0.1) is 0 Å². The molecule has 1 amide bonds. The van der Waals surface area contributed by atoms with Crippen LogP contribution >= 0.6 is 0 Å². The van der Waals surface area contributed by atoms with Crippen LogP contribution in [0.3, 0.4) is 0 Å². The number of ether oxygens (including phenoxy) is 2. The zero-order chi connectivity index (χ0) is 19.3. The molecular weight excluding hydrogens is 358 g/mol. The summed E-state index contributed by atoms with van der Waals surface area (Å²) in [6.45, 7) is 5.83. The molecule has 3 aliphatic rings. The molecule has 1 saturated carbocycles. The van der Waals surface area contributed by atoms with E-state index in [9.17, 15) is 4.79 Å². The van der Waals surface area contributed by atoms with Crippen LogP contribution in [0.1, 0.15) is 25.7 Å². The normalized spacial score (nSPS) is 24.4. The van der Waals surface area contributed by atoms with Crippen molar-refractivity contribution in [3.63, 3.8) is 0 Å². The first-order chi connectivity index (χ1) is 13.7. The van der Waals surface area contributed by atoms with Gasteiger partial charge in [-0.2, -0.15) is 0 Å². The Morgan fingerprint density at radius 1 is 1.14 bits per heavy atom. The molecule has 0 bridgehead atoms. The van der Waals surface area contributed by atoms with E-state index in [0.29, 0.717) is 30.7 Å². The Morgan fingerprint density at radius 3 is 2.64 bits per heavy atom. The van der Waals surface area contributed by atoms with Crippen LogP contribution in [0.5, 0.6) is 5.88 Å². The van der Waals surface area contributed by atoms with Crippen LogP contribution in [-0.4, -0.2) is 84.8 Å². The van der Waals surface area contributed by atoms with Gasteiger partial charge in [0.25, 0.3) is 5.88 Å². The van der Waals surface area contributed by atoms with Crippen LogP contribution in [-0.2, 0) is 9.53 Å². The minimum absolute atomic E-state index is 0.0561. The van der Waals surface area contributed by atoms with E-state index >= 15 is 0 Å². The van der Waals surface area contributed by atoms with Gasteiger partial charge in [0.1, 0.15) is 6.61 Å². The third-order valence-electron chi connectivity index (χ3n) is 5.97. The highest BCUT2D eigenvalue weighted by atomic mass is 16.5. The second-order valence-electron chi connectivity index (χ2n) is 8.21. The molecule has 8 nitrogen and oxygen atoms in total. The van der Waals surface area contributed by atoms with Gasteiger partial charge in [-0.1, -0.05) is 0 Å². The number of rotatable bonds is 8. The fourth-order valence-electron chi connectivity index (χ4n) is 4.12. The van der Waals surface area contributed by atoms with Crippen molar-refractivity contribution in [3.05, 3.63) is 12.4 Å². The van der Waals surface area contributed by atoms with Crippen LogP contribution in [0.2, 0.25) is 0 Å². The molecule has 1 N–H and O–H groups in total. The van der Waals surface area contributed by atoms with E-state index in [1.807, 2.05) is 4.90 Å². The standard InChI is InChI=1S/C20H31N5O3/c1-27-20-19(21-6-7-22-20)23-10-17-13-25(18(26)14-28-17)12-16-4-8-24(9-5-16)11-15-2-3-15/h6-7,15-17H,2-5,8-14H2,1H3,(H,21,23)/t17-/m1/s1. The lowest BCUT2D eigenvalue weighted by atomic mass is 9.95. The van der Waals surface area contributed by atoms with E-state index < -0.39 is 0 Å². The highest BCUT2D eigenvalue weighted by Crippen LogP contribution is 2.31. The number of carbonyl (C=O) groups is 1. The lowest BCUT2D eigenvalue weighted by Crippen LogP contribution is -2.51. The molecule has 154 valence electrons. The molecule has 3 heterocycles. The van der Waals surface area contributed by atoms with Crippen molar-refractivity contribution in [2.45, 2.75) is 31.8 Å². The van der Waals surface area contributed by atoms with Gasteiger partial charge in [0.2, 0.25) is 5.91 Å². The highest BCUT2D eigenvalue weighted by Gasteiger charge is 2.31. The summed E-state index contributed by atoms with van der Waals surface area (Å²) in [5.74, 6) is 2.72. The predicted octanol–water partition coefficient (Wildman–Crippen LogP) is 1.25. The summed E-state index contributed by atoms with van der Waals surface area (Å²) < 4.78 is 10.9. The Hall–Kier alpha value is -1.93. The number of anilines is 1. The third kappa shape index (κ3) is 5.11. The van der Waals surface area contributed by atoms with E-state index in [4.69, 9.17) is 9.47 Å². The summed E-state index contributed by atoms with van der Waals surface area (Å²) in [4.78, 5) is 25.3. The number of carbonyl (C=O) groups excluding carboxylic acids is 1. The molecule has 0 radical (unpaired) electrons. The number of morpholine rings is 1. The number of amides is 1.